The second-order valence-corrected chi connectivity index (χ2v) is 5.00. The summed E-state index contributed by atoms with van der Waals surface area (Å²) in [4.78, 5) is 0. The predicted molar refractivity (Wildman–Crippen MR) is 81.1 cm³/mol. The van der Waals surface area contributed by atoms with E-state index in [1.165, 1.54) is 0 Å². The van der Waals surface area contributed by atoms with Gasteiger partial charge in [-0.25, -0.2) is 0 Å². The summed E-state index contributed by atoms with van der Waals surface area (Å²) in [6, 6.07) is 7.46. The summed E-state index contributed by atoms with van der Waals surface area (Å²) >= 11 is 0. The molecule has 0 fully saturated rings. The minimum Gasteiger partial charge on any atom is -0.489 e. The van der Waals surface area contributed by atoms with Crippen LogP contribution in [0.25, 0.3) is 0 Å². The molecule has 112 valence electrons. The molecule has 0 saturated heterocycles. The Balaban J connectivity index is 2.51. The summed E-state index contributed by atoms with van der Waals surface area (Å²) in [6.45, 7) is 9.52. The summed E-state index contributed by atoms with van der Waals surface area (Å²) in [6.07, 6.45) is -0.554. The summed E-state index contributed by atoms with van der Waals surface area (Å²) in [7, 11) is 1.66. The largest absolute Gasteiger partial charge is 0.489 e. The number of rotatable bonds is 9. The molecule has 0 saturated carbocycles. The van der Waals surface area contributed by atoms with E-state index >= 15 is 0 Å². The quantitative estimate of drug-likeness (QED) is 0.538. The fraction of sp³-hybridized carbons (Fsp3) is 0.500. The van der Waals surface area contributed by atoms with Crippen molar-refractivity contribution in [1.29, 1.82) is 0 Å². The van der Waals surface area contributed by atoms with Gasteiger partial charge in [-0.05, 0) is 37.1 Å². The average Bonchev–Trinajstić information content (AvgIpc) is 2.45. The molecule has 4 heteroatoms. The van der Waals surface area contributed by atoms with Crippen LogP contribution in [-0.4, -0.2) is 38.0 Å². The zero-order chi connectivity index (χ0) is 15.0. The Morgan fingerprint density at radius 1 is 1.35 bits per heavy atom. The molecule has 4 nitrogen and oxygen atoms in total. The lowest BCUT2D eigenvalue weighted by molar-refractivity contribution is 0.126. The van der Waals surface area contributed by atoms with Crippen molar-refractivity contribution in [3.05, 3.63) is 42.0 Å². The smallest absolute Gasteiger partial charge is 0.119 e. The second kappa shape index (κ2) is 8.74. The second-order valence-electron chi connectivity index (χ2n) is 5.00. The third-order valence-corrected chi connectivity index (χ3v) is 2.95. The Bertz CT molecular complexity index is 403. The summed E-state index contributed by atoms with van der Waals surface area (Å²) in [5, 5.41) is 13.5. The topological polar surface area (TPSA) is 50.7 Å². The summed E-state index contributed by atoms with van der Waals surface area (Å²) in [5.41, 5.74) is 1.84. The molecule has 0 aliphatic heterocycles. The van der Waals surface area contributed by atoms with Crippen molar-refractivity contribution in [2.24, 2.45) is 0 Å². The van der Waals surface area contributed by atoms with Gasteiger partial charge in [-0.15, -0.1) is 0 Å². The maximum absolute atomic E-state index is 10.2. The molecule has 20 heavy (non-hydrogen) atoms. The zero-order valence-corrected chi connectivity index (χ0v) is 12.6. The van der Waals surface area contributed by atoms with Crippen LogP contribution in [0.15, 0.2) is 36.4 Å². The van der Waals surface area contributed by atoms with Crippen LogP contribution in [0.1, 0.15) is 25.5 Å². The van der Waals surface area contributed by atoms with Crippen LogP contribution < -0.4 is 10.1 Å². The van der Waals surface area contributed by atoms with Crippen LogP contribution in [0.2, 0.25) is 0 Å². The maximum Gasteiger partial charge on any atom is 0.119 e. The van der Waals surface area contributed by atoms with Gasteiger partial charge < -0.3 is 19.9 Å². The third kappa shape index (κ3) is 5.74. The lowest BCUT2D eigenvalue weighted by Gasteiger charge is -2.20. The Labute approximate surface area is 121 Å². The van der Waals surface area contributed by atoms with Crippen LogP contribution in [-0.2, 0) is 4.74 Å². The van der Waals surface area contributed by atoms with E-state index in [-0.39, 0.29) is 6.04 Å². The van der Waals surface area contributed by atoms with Crippen LogP contribution in [0.5, 0.6) is 5.75 Å². The molecule has 0 heterocycles. The third-order valence-electron chi connectivity index (χ3n) is 2.95. The summed E-state index contributed by atoms with van der Waals surface area (Å²) < 4.78 is 10.5. The van der Waals surface area contributed by atoms with E-state index in [4.69, 9.17) is 9.47 Å². The van der Waals surface area contributed by atoms with Crippen molar-refractivity contribution in [3.8, 4) is 5.75 Å². The van der Waals surface area contributed by atoms with Crippen LogP contribution >= 0.6 is 0 Å². The van der Waals surface area contributed by atoms with E-state index in [2.05, 4.69) is 11.9 Å². The van der Waals surface area contributed by atoms with E-state index in [1.54, 1.807) is 7.11 Å². The van der Waals surface area contributed by atoms with Gasteiger partial charge in [0.15, 0.2) is 0 Å². The standard InChI is InChI=1S/C16H25NO3/c1-12(2)11-20-15-7-5-14(6-8-15)16(18)13(3)17-9-10-19-4/h5-8,13,16-18H,1,9-11H2,2-4H3. The van der Waals surface area contributed by atoms with Gasteiger partial charge in [-0.3, -0.25) is 0 Å². The normalized spacial score (nSPS) is 13.8. The Morgan fingerprint density at radius 2 is 2.00 bits per heavy atom. The van der Waals surface area contributed by atoms with Gasteiger partial charge >= 0.3 is 0 Å². The SMILES string of the molecule is C=C(C)COc1ccc(C(O)C(C)NCCOC)cc1. The van der Waals surface area contributed by atoms with E-state index in [1.807, 2.05) is 38.1 Å². The Kier molecular flexibility index (Phi) is 7.30. The molecule has 1 aromatic carbocycles. The van der Waals surface area contributed by atoms with Gasteiger partial charge in [-0.2, -0.15) is 0 Å². The first-order chi connectivity index (χ1) is 9.54. The monoisotopic (exact) mass is 279 g/mol. The van der Waals surface area contributed by atoms with E-state index < -0.39 is 6.10 Å². The fourth-order valence-corrected chi connectivity index (χ4v) is 1.76. The highest BCUT2D eigenvalue weighted by atomic mass is 16.5. The lowest BCUT2D eigenvalue weighted by atomic mass is 10.0. The molecule has 0 radical (unpaired) electrons. The number of aliphatic hydroxyl groups is 1. The Hall–Kier alpha value is -1.36. The molecule has 2 N–H and O–H groups in total. The maximum atomic E-state index is 10.2. The fourth-order valence-electron chi connectivity index (χ4n) is 1.76. The molecule has 0 bridgehead atoms. The molecule has 0 aromatic heterocycles. The number of hydrogen-bond acceptors (Lipinski definition) is 4. The van der Waals surface area contributed by atoms with Gasteiger partial charge in [0.05, 0.1) is 12.7 Å². The van der Waals surface area contributed by atoms with Crippen LogP contribution in [0.4, 0.5) is 0 Å². The van der Waals surface area contributed by atoms with Crippen molar-refractivity contribution >= 4 is 0 Å². The van der Waals surface area contributed by atoms with Gasteiger partial charge in [0.2, 0.25) is 0 Å². The molecule has 2 atom stereocenters. The van der Waals surface area contributed by atoms with Crippen molar-refractivity contribution in [2.45, 2.75) is 26.0 Å². The van der Waals surface area contributed by atoms with Crippen LogP contribution in [0.3, 0.4) is 0 Å². The molecule has 0 aliphatic carbocycles. The van der Waals surface area contributed by atoms with E-state index in [9.17, 15) is 5.11 Å². The van der Waals surface area contributed by atoms with Gasteiger partial charge in [0, 0.05) is 19.7 Å². The number of nitrogens with one attached hydrogen (secondary N) is 1. The van der Waals surface area contributed by atoms with E-state index in [0.29, 0.717) is 19.8 Å². The number of benzene rings is 1. The molecule has 0 spiro atoms. The minimum atomic E-state index is -0.554. The van der Waals surface area contributed by atoms with Gasteiger partial charge in [-0.1, -0.05) is 18.7 Å². The summed E-state index contributed by atoms with van der Waals surface area (Å²) in [5.74, 6) is 0.781. The first-order valence-electron chi connectivity index (χ1n) is 6.82. The number of hydrogen-bond donors (Lipinski definition) is 2. The number of methoxy groups -OCH3 is 1. The van der Waals surface area contributed by atoms with Crippen LogP contribution in [0, 0.1) is 0 Å². The van der Waals surface area contributed by atoms with Crippen molar-refractivity contribution in [2.75, 3.05) is 26.9 Å². The van der Waals surface area contributed by atoms with Gasteiger partial charge in [0.25, 0.3) is 0 Å². The predicted octanol–water partition coefficient (Wildman–Crippen LogP) is 2.30. The highest BCUT2D eigenvalue weighted by Crippen LogP contribution is 2.20. The zero-order valence-electron chi connectivity index (χ0n) is 12.6. The lowest BCUT2D eigenvalue weighted by Crippen LogP contribution is -2.34. The first kappa shape index (κ1) is 16.7. The molecule has 2 unspecified atom stereocenters. The Morgan fingerprint density at radius 3 is 2.55 bits per heavy atom. The first-order valence-corrected chi connectivity index (χ1v) is 6.82. The van der Waals surface area contributed by atoms with Crippen molar-refractivity contribution in [3.63, 3.8) is 0 Å². The number of aliphatic hydroxyl groups excluding tert-OH is 1. The highest BCUT2D eigenvalue weighted by molar-refractivity contribution is 5.29. The minimum absolute atomic E-state index is 0.0349. The number of ether oxygens (including phenoxy) is 2. The van der Waals surface area contributed by atoms with Gasteiger partial charge in [0.1, 0.15) is 12.4 Å². The molecular formula is C16H25NO3. The van der Waals surface area contributed by atoms with E-state index in [0.717, 1.165) is 16.9 Å². The molecule has 1 rings (SSSR count). The average molecular weight is 279 g/mol. The highest BCUT2D eigenvalue weighted by Gasteiger charge is 2.15. The van der Waals surface area contributed by atoms with Crippen molar-refractivity contribution in [1.82, 2.24) is 5.32 Å². The molecule has 1 aromatic rings. The van der Waals surface area contributed by atoms with Crippen molar-refractivity contribution < 1.29 is 14.6 Å². The molecule has 0 amide bonds. The molecular weight excluding hydrogens is 254 g/mol. The molecule has 0 aliphatic rings.